The highest BCUT2D eigenvalue weighted by Gasteiger charge is 2.41. The predicted octanol–water partition coefficient (Wildman–Crippen LogP) is -0.719. The molecule has 10 heteroatoms. The number of carboxylic acid groups (broad SMARTS) is 1. The van der Waals surface area contributed by atoms with Crippen LogP contribution >= 0.6 is 0 Å². The van der Waals surface area contributed by atoms with Crippen molar-refractivity contribution in [2.75, 3.05) is 47.1 Å². The van der Waals surface area contributed by atoms with Crippen molar-refractivity contribution in [2.24, 2.45) is 0 Å². The van der Waals surface area contributed by atoms with E-state index in [-0.39, 0.29) is 24.8 Å². The Kier molecular flexibility index (Phi) is 9.45. The number of amides is 2. The second kappa shape index (κ2) is 11.3. The molecule has 1 N–H and O–H groups in total. The van der Waals surface area contributed by atoms with E-state index in [1.807, 2.05) is 0 Å². The van der Waals surface area contributed by atoms with Crippen LogP contribution in [0.3, 0.4) is 0 Å². The van der Waals surface area contributed by atoms with Crippen LogP contribution in [0.4, 0.5) is 0 Å². The number of esters is 1. The van der Waals surface area contributed by atoms with Gasteiger partial charge in [-0.1, -0.05) is 0 Å². The van der Waals surface area contributed by atoms with Crippen molar-refractivity contribution in [3.05, 3.63) is 12.2 Å². The molecule has 1 saturated heterocycles. The van der Waals surface area contributed by atoms with Crippen LogP contribution in [0.25, 0.3) is 0 Å². The molecule has 2 atom stereocenters. The molecule has 1 rings (SSSR count). The molecular weight excluding hydrogens is 360 g/mol. The fourth-order valence-corrected chi connectivity index (χ4v) is 2.75. The van der Waals surface area contributed by atoms with Crippen LogP contribution in [-0.2, 0) is 33.4 Å². The van der Waals surface area contributed by atoms with E-state index < -0.39 is 24.1 Å². The molecule has 1 heterocycles. The van der Waals surface area contributed by atoms with Crippen LogP contribution in [0.5, 0.6) is 0 Å². The lowest BCUT2D eigenvalue weighted by atomic mass is 10.1. The van der Waals surface area contributed by atoms with Gasteiger partial charge < -0.3 is 29.1 Å². The number of hydrogen-bond donors (Lipinski definition) is 1. The number of nitrogens with zero attached hydrogens (tertiary/aromatic N) is 2. The Bertz CT molecular complexity index is 569. The third-order valence-corrected chi connectivity index (χ3v) is 4.04. The Balaban J connectivity index is 2.82. The van der Waals surface area contributed by atoms with Crippen molar-refractivity contribution in [2.45, 2.75) is 25.5 Å². The zero-order chi connectivity index (χ0) is 20.4. The monoisotopic (exact) mass is 386 g/mol. The summed E-state index contributed by atoms with van der Waals surface area (Å²) in [7, 11) is 3.05. The normalized spacial score (nSPS) is 19.3. The third kappa shape index (κ3) is 7.35. The van der Waals surface area contributed by atoms with Crippen LogP contribution < -0.4 is 0 Å². The van der Waals surface area contributed by atoms with Crippen LogP contribution in [0.2, 0.25) is 0 Å². The summed E-state index contributed by atoms with van der Waals surface area (Å²) in [6, 6.07) is -0.766. The highest BCUT2D eigenvalue weighted by atomic mass is 16.5. The van der Waals surface area contributed by atoms with Crippen molar-refractivity contribution < 1.29 is 38.5 Å². The molecule has 0 aromatic carbocycles. The lowest BCUT2D eigenvalue weighted by Crippen LogP contribution is -2.49. The average molecular weight is 386 g/mol. The molecule has 1 aliphatic rings. The van der Waals surface area contributed by atoms with E-state index in [1.54, 1.807) is 4.90 Å². The van der Waals surface area contributed by atoms with Gasteiger partial charge in [0.25, 0.3) is 0 Å². The first-order valence-corrected chi connectivity index (χ1v) is 8.45. The standard InChI is InChI=1S/C17H26N2O8/c1-12(20)19-11-13(27-16(23)5-4-15(21)22)10-14(19)17(24)18(6-8-25-2)7-9-26-3/h4-5,13-14H,6-11H2,1-3H3,(H,21,22)/b5-4+/t13-,14+/m1/s1. The quantitative estimate of drug-likeness (QED) is 0.386. The maximum absolute atomic E-state index is 12.9. The lowest BCUT2D eigenvalue weighted by molar-refractivity contribution is -0.144. The average Bonchev–Trinajstić information content (AvgIpc) is 3.03. The number of likely N-dealkylation sites (tertiary alicyclic amines) is 1. The Hall–Kier alpha value is -2.46. The molecule has 0 saturated carbocycles. The Labute approximate surface area is 157 Å². The number of hydrogen-bond acceptors (Lipinski definition) is 7. The van der Waals surface area contributed by atoms with E-state index in [4.69, 9.17) is 19.3 Å². The molecule has 0 spiro atoms. The largest absolute Gasteiger partial charge is 0.478 e. The lowest BCUT2D eigenvalue weighted by Gasteiger charge is -2.29. The van der Waals surface area contributed by atoms with Crippen LogP contribution in [0, 0.1) is 0 Å². The summed E-state index contributed by atoms with van der Waals surface area (Å²) in [5, 5.41) is 8.54. The predicted molar refractivity (Wildman–Crippen MR) is 92.8 cm³/mol. The van der Waals surface area contributed by atoms with Gasteiger partial charge >= 0.3 is 11.9 Å². The first-order chi connectivity index (χ1) is 12.8. The summed E-state index contributed by atoms with van der Waals surface area (Å²) < 4.78 is 15.2. The summed E-state index contributed by atoms with van der Waals surface area (Å²) in [6.45, 7) is 2.75. The van der Waals surface area contributed by atoms with Gasteiger partial charge in [-0.05, 0) is 0 Å². The minimum absolute atomic E-state index is 0.0702. The minimum Gasteiger partial charge on any atom is -0.478 e. The minimum atomic E-state index is -1.27. The number of rotatable bonds is 10. The molecule has 0 aromatic rings. The third-order valence-electron chi connectivity index (χ3n) is 4.04. The second-order valence-electron chi connectivity index (χ2n) is 5.96. The summed E-state index contributed by atoms with van der Waals surface area (Å²) in [6.07, 6.45) is 0.904. The Morgan fingerprint density at radius 1 is 1.11 bits per heavy atom. The topological polar surface area (TPSA) is 123 Å². The summed E-state index contributed by atoms with van der Waals surface area (Å²) in [5.41, 5.74) is 0. The van der Waals surface area contributed by atoms with Crippen LogP contribution in [0.15, 0.2) is 12.2 Å². The van der Waals surface area contributed by atoms with E-state index in [9.17, 15) is 19.2 Å². The van der Waals surface area contributed by atoms with Gasteiger partial charge in [-0.2, -0.15) is 0 Å². The molecule has 0 radical (unpaired) electrons. The van der Waals surface area contributed by atoms with Crippen molar-refractivity contribution in [1.82, 2.24) is 9.80 Å². The van der Waals surface area contributed by atoms with Crippen molar-refractivity contribution in [3.63, 3.8) is 0 Å². The van der Waals surface area contributed by atoms with Gasteiger partial charge in [0.2, 0.25) is 11.8 Å². The van der Waals surface area contributed by atoms with E-state index in [1.165, 1.54) is 26.0 Å². The highest BCUT2D eigenvalue weighted by molar-refractivity contribution is 5.91. The van der Waals surface area contributed by atoms with Gasteiger partial charge in [-0.3, -0.25) is 9.59 Å². The van der Waals surface area contributed by atoms with Gasteiger partial charge in [-0.15, -0.1) is 0 Å². The number of methoxy groups -OCH3 is 2. The van der Waals surface area contributed by atoms with Gasteiger partial charge in [-0.25, -0.2) is 9.59 Å². The summed E-state index contributed by atoms with van der Waals surface area (Å²) in [4.78, 5) is 49.9. The van der Waals surface area contributed by atoms with E-state index >= 15 is 0 Å². The summed E-state index contributed by atoms with van der Waals surface area (Å²) >= 11 is 0. The molecule has 1 aliphatic heterocycles. The van der Waals surface area contributed by atoms with Gasteiger partial charge in [0, 0.05) is 52.8 Å². The molecule has 0 bridgehead atoms. The number of carbonyl (C=O) groups is 4. The molecule has 0 aliphatic carbocycles. The molecule has 1 fully saturated rings. The van der Waals surface area contributed by atoms with E-state index in [0.29, 0.717) is 32.4 Å². The fraction of sp³-hybridized carbons (Fsp3) is 0.647. The van der Waals surface area contributed by atoms with E-state index in [2.05, 4.69) is 0 Å². The molecule has 0 aromatic heterocycles. The Morgan fingerprint density at radius 2 is 1.70 bits per heavy atom. The SMILES string of the molecule is COCCN(CCOC)C(=O)[C@@H]1C[C@@H](OC(=O)/C=C/C(=O)O)CN1C(C)=O. The van der Waals surface area contributed by atoms with Gasteiger partial charge in [0.15, 0.2) is 0 Å². The fourth-order valence-electron chi connectivity index (χ4n) is 2.75. The van der Waals surface area contributed by atoms with Crippen molar-refractivity contribution in [3.8, 4) is 0 Å². The smallest absolute Gasteiger partial charge is 0.331 e. The maximum Gasteiger partial charge on any atom is 0.331 e. The molecule has 2 amide bonds. The molecular formula is C17H26N2O8. The Morgan fingerprint density at radius 3 is 2.19 bits per heavy atom. The van der Waals surface area contributed by atoms with Gasteiger partial charge in [0.1, 0.15) is 12.1 Å². The van der Waals surface area contributed by atoms with Crippen LogP contribution in [-0.4, -0.2) is 97.9 Å². The first-order valence-electron chi connectivity index (χ1n) is 8.45. The van der Waals surface area contributed by atoms with Gasteiger partial charge in [0.05, 0.1) is 19.8 Å². The highest BCUT2D eigenvalue weighted by Crippen LogP contribution is 2.23. The molecule has 27 heavy (non-hydrogen) atoms. The van der Waals surface area contributed by atoms with Crippen molar-refractivity contribution in [1.29, 1.82) is 0 Å². The van der Waals surface area contributed by atoms with Crippen LogP contribution in [0.1, 0.15) is 13.3 Å². The molecule has 152 valence electrons. The second-order valence-corrected chi connectivity index (χ2v) is 5.96. The molecule has 0 unspecified atom stereocenters. The van der Waals surface area contributed by atoms with E-state index in [0.717, 1.165) is 6.08 Å². The summed E-state index contributed by atoms with van der Waals surface area (Å²) in [5.74, 6) is -2.70. The zero-order valence-corrected chi connectivity index (χ0v) is 15.8. The number of carbonyl (C=O) groups excluding carboxylic acids is 3. The van der Waals surface area contributed by atoms with Crippen molar-refractivity contribution >= 4 is 23.8 Å². The number of carboxylic acids is 1. The maximum atomic E-state index is 12.9. The number of ether oxygens (including phenoxy) is 3. The number of aliphatic carboxylic acids is 1. The zero-order valence-electron chi connectivity index (χ0n) is 15.8. The first kappa shape index (κ1) is 22.6. The molecule has 10 nitrogen and oxygen atoms in total.